The summed E-state index contributed by atoms with van der Waals surface area (Å²) in [5.41, 5.74) is 0.992. The summed E-state index contributed by atoms with van der Waals surface area (Å²) in [6.07, 6.45) is 0. The fraction of sp³-hybridized carbons (Fsp3) is 0.185. The molecule has 0 aromatic heterocycles. The van der Waals surface area contributed by atoms with E-state index in [-0.39, 0.29) is 32.9 Å². The predicted molar refractivity (Wildman–Crippen MR) is 134 cm³/mol. The van der Waals surface area contributed by atoms with Gasteiger partial charge in [-0.3, -0.25) is 24.6 Å². The lowest BCUT2D eigenvalue weighted by atomic mass is 9.85. The molecule has 7 nitrogen and oxygen atoms in total. The van der Waals surface area contributed by atoms with E-state index in [4.69, 9.17) is 11.6 Å². The van der Waals surface area contributed by atoms with Crippen LogP contribution in [-0.2, 0) is 15.0 Å². The summed E-state index contributed by atoms with van der Waals surface area (Å²) in [4.78, 5) is 38.2. The van der Waals surface area contributed by atoms with E-state index in [0.717, 1.165) is 22.6 Å². The number of nitrogens with zero attached hydrogens (tertiary/aromatic N) is 2. The first-order chi connectivity index (χ1) is 16.9. The molecule has 1 atom stereocenters. The predicted octanol–water partition coefficient (Wildman–Crippen LogP) is 6.31. The lowest BCUT2D eigenvalue weighted by Crippen LogP contribution is -2.29. The number of anilines is 1. The molecule has 0 spiro atoms. The van der Waals surface area contributed by atoms with Crippen LogP contribution < -0.4 is 4.90 Å². The molecule has 0 aliphatic carbocycles. The summed E-state index contributed by atoms with van der Waals surface area (Å²) < 4.78 is 13.9. The topological polar surface area (TPSA) is 101 Å². The first-order valence-corrected chi connectivity index (χ1v) is 11.4. The van der Waals surface area contributed by atoms with E-state index in [0.29, 0.717) is 5.56 Å². The third-order valence-corrected chi connectivity index (χ3v) is 6.34. The standard InChI is InChI=1S/C27H22ClFN2O5/c1-27(2,3)17-9-7-15(8-10-17)23-22(24(32)16-5-4-6-19(13-16)31(35)36)25(33)26(34)30(23)18-11-12-21(29)20(28)14-18/h4-14,23,32H,1-3H3/b24-22+. The van der Waals surface area contributed by atoms with Gasteiger partial charge in [-0.1, -0.05) is 68.8 Å². The Morgan fingerprint density at radius 1 is 1.06 bits per heavy atom. The molecule has 9 heteroatoms. The fourth-order valence-electron chi connectivity index (χ4n) is 4.14. The van der Waals surface area contributed by atoms with Gasteiger partial charge in [0.15, 0.2) is 0 Å². The average molecular weight is 509 g/mol. The molecule has 1 heterocycles. The minimum absolute atomic E-state index is 0.00986. The van der Waals surface area contributed by atoms with Crippen LogP contribution in [0.15, 0.2) is 72.3 Å². The number of carbonyl (C=O) groups is 2. The van der Waals surface area contributed by atoms with Crippen LogP contribution in [0.25, 0.3) is 5.76 Å². The summed E-state index contributed by atoms with van der Waals surface area (Å²) in [5, 5.41) is 22.2. The van der Waals surface area contributed by atoms with E-state index >= 15 is 0 Å². The highest BCUT2D eigenvalue weighted by atomic mass is 35.5. The van der Waals surface area contributed by atoms with Crippen molar-refractivity contribution in [1.29, 1.82) is 0 Å². The molecule has 0 bridgehead atoms. The second-order valence-electron chi connectivity index (χ2n) is 9.45. The molecule has 1 amide bonds. The zero-order chi connectivity index (χ0) is 26.4. The number of hydrogen-bond acceptors (Lipinski definition) is 5. The molecule has 0 radical (unpaired) electrons. The van der Waals surface area contributed by atoms with Gasteiger partial charge in [-0.05, 0) is 34.7 Å². The third-order valence-electron chi connectivity index (χ3n) is 6.05. The Labute approximate surface area is 211 Å². The molecule has 0 saturated carbocycles. The van der Waals surface area contributed by atoms with Crippen molar-refractivity contribution in [3.63, 3.8) is 0 Å². The Morgan fingerprint density at radius 2 is 1.72 bits per heavy atom. The van der Waals surface area contributed by atoms with Gasteiger partial charge in [0.25, 0.3) is 17.4 Å². The van der Waals surface area contributed by atoms with Crippen LogP contribution in [0.4, 0.5) is 15.8 Å². The Morgan fingerprint density at radius 3 is 2.31 bits per heavy atom. The van der Waals surface area contributed by atoms with E-state index in [1.807, 2.05) is 32.9 Å². The molecule has 1 N–H and O–H groups in total. The zero-order valence-electron chi connectivity index (χ0n) is 19.7. The van der Waals surface area contributed by atoms with Crippen molar-refractivity contribution in [1.82, 2.24) is 0 Å². The minimum atomic E-state index is -1.08. The highest BCUT2D eigenvalue weighted by molar-refractivity contribution is 6.51. The molecule has 3 aromatic carbocycles. The molecule has 1 fully saturated rings. The maximum Gasteiger partial charge on any atom is 0.300 e. The molecule has 184 valence electrons. The van der Waals surface area contributed by atoms with Crippen LogP contribution in [0.5, 0.6) is 0 Å². The Kier molecular flexibility index (Phi) is 6.41. The van der Waals surface area contributed by atoms with Crippen LogP contribution in [0, 0.1) is 15.9 Å². The summed E-state index contributed by atoms with van der Waals surface area (Å²) in [6.45, 7) is 6.12. The summed E-state index contributed by atoms with van der Waals surface area (Å²) in [6, 6.07) is 14.9. The molecule has 1 aliphatic heterocycles. The second-order valence-corrected chi connectivity index (χ2v) is 9.85. The number of aliphatic hydroxyl groups excluding tert-OH is 1. The Balaban J connectivity index is 1.95. The number of aliphatic hydroxyl groups is 1. The quantitative estimate of drug-likeness (QED) is 0.146. The van der Waals surface area contributed by atoms with Gasteiger partial charge < -0.3 is 5.11 Å². The van der Waals surface area contributed by atoms with Crippen molar-refractivity contribution in [3.8, 4) is 0 Å². The highest BCUT2D eigenvalue weighted by Crippen LogP contribution is 2.43. The van der Waals surface area contributed by atoms with E-state index in [2.05, 4.69) is 0 Å². The van der Waals surface area contributed by atoms with Crippen molar-refractivity contribution >= 4 is 40.4 Å². The van der Waals surface area contributed by atoms with Crippen molar-refractivity contribution < 1.29 is 24.0 Å². The number of non-ortho nitro benzene ring substituents is 1. The Bertz CT molecular complexity index is 1430. The monoisotopic (exact) mass is 508 g/mol. The van der Waals surface area contributed by atoms with Gasteiger partial charge in [0.05, 0.1) is 21.6 Å². The van der Waals surface area contributed by atoms with E-state index in [9.17, 15) is 29.2 Å². The molecule has 4 rings (SSSR count). The zero-order valence-corrected chi connectivity index (χ0v) is 20.4. The van der Waals surface area contributed by atoms with Gasteiger partial charge in [-0.15, -0.1) is 0 Å². The Hall–Kier alpha value is -4.04. The summed E-state index contributed by atoms with van der Waals surface area (Å²) in [5.74, 6) is -3.18. The number of nitro benzene ring substituents is 1. The van der Waals surface area contributed by atoms with Crippen LogP contribution in [0.1, 0.15) is 43.5 Å². The third kappa shape index (κ3) is 4.47. The summed E-state index contributed by atoms with van der Waals surface area (Å²) >= 11 is 5.96. The van der Waals surface area contributed by atoms with Gasteiger partial charge in [0.1, 0.15) is 11.6 Å². The second kappa shape index (κ2) is 9.20. The SMILES string of the molecule is CC(C)(C)c1ccc(C2/C(=C(\O)c3cccc([N+](=O)[O-])c3)C(=O)C(=O)N2c2ccc(F)c(Cl)c2)cc1. The van der Waals surface area contributed by atoms with Gasteiger partial charge in [0, 0.05) is 23.4 Å². The maximum atomic E-state index is 13.9. The first kappa shape index (κ1) is 25.1. The number of amides is 1. The van der Waals surface area contributed by atoms with E-state index in [1.54, 1.807) is 12.1 Å². The van der Waals surface area contributed by atoms with Crippen LogP contribution in [0.3, 0.4) is 0 Å². The number of hydrogen-bond donors (Lipinski definition) is 1. The highest BCUT2D eigenvalue weighted by Gasteiger charge is 2.47. The summed E-state index contributed by atoms with van der Waals surface area (Å²) in [7, 11) is 0. The van der Waals surface area contributed by atoms with Gasteiger partial charge in [0.2, 0.25) is 0 Å². The van der Waals surface area contributed by atoms with Gasteiger partial charge in [-0.2, -0.15) is 0 Å². The maximum absolute atomic E-state index is 13.9. The van der Waals surface area contributed by atoms with Crippen LogP contribution in [-0.4, -0.2) is 21.7 Å². The van der Waals surface area contributed by atoms with Crippen LogP contribution in [0.2, 0.25) is 5.02 Å². The van der Waals surface area contributed by atoms with Gasteiger partial charge >= 0.3 is 0 Å². The van der Waals surface area contributed by atoms with Crippen molar-refractivity contribution in [3.05, 3.63) is 110 Å². The minimum Gasteiger partial charge on any atom is -0.507 e. The number of nitro groups is 1. The number of Topliss-reactive ketones (excluding diaryl/α,β-unsaturated/α-hetero) is 1. The number of carbonyl (C=O) groups excluding carboxylic acids is 2. The lowest BCUT2D eigenvalue weighted by molar-refractivity contribution is -0.384. The molecule has 1 unspecified atom stereocenters. The number of ketones is 1. The van der Waals surface area contributed by atoms with E-state index < -0.39 is 34.2 Å². The normalized spacial score (nSPS) is 17.5. The average Bonchev–Trinajstić information content (AvgIpc) is 3.10. The molecule has 1 aliphatic rings. The van der Waals surface area contributed by atoms with Crippen molar-refractivity contribution in [2.75, 3.05) is 4.90 Å². The van der Waals surface area contributed by atoms with Crippen molar-refractivity contribution in [2.45, 2.75) is 32.2 Å². The number of rotatable bonds is 4. The van der Waals surface area contributed by atoms with Crippen molar-refractivity contribution in [2.24, 2.45) is 0 Å². The number of halogens is 2. The molecule has 1 saturated heterocycles. The smallest absolute Gasteiger partial charge is 0.300 e. The van der Waals surface area contributed by atoms with Gasteiger partial charge in [-0.25, -0.2) is 4.39 Å². The molecular formula is C27H22ClFN2O5. The molecule has 3 aromatic rings. The first-order valence-electron chi connectivity index (χ1n) is 11.0. The number of benzene rings is 3. The molecular weight excluding hydrogens is 487 g/mol. The largest absolute Gasteiger partial charge is 0.507 e. The fourth-order valence-corrected chi connectivity index (χ4v) is 4.31. The van der Waals surface area contributed by atoms with Crippen LogP contribution >= 0.6 is 11.6 Å². The lowest BCUT2D eigenvalue weighted by Gasteiger charge is -2.26. The van der Waals surface area contributed by atoms with E-state index in [1.165, 1.54) is 30.3 Å². The molecule has 36 heavy (non-hydrogen) atoms.